The lowest BCUT2D eigenvalue weighted by Crippen LogP contribution is -2.05. The van der Waals surface area contributed by atoms with Crippen LogP contribution in [0.3, 0.4) is 0 Å². The van der Waals surface area contributed by atoms with Crippen LogP contribution in [-0.4, -0.2) is 24.5 Å². The van der Waals surface area contributed by atoms with Crippen LogP contribution in [-0.2, 0) is 23.4 Å². The van der Waals surface area contributed by atoms with E-state index in [9.17, 15) is 8.42 Å². The second-order valence-electron chi connectivity index (χ2n) is 4.10. The van der Waals surface area contributed by atoms with E-state index in [0.29, 0.717) is 11.4 Å². The molecule has 96 valence electrons. The molecule has 0 saturated carbocycles. The van der Waals surface area contributed by atoms with Gasteiger partial charge in [-0.05, 0) is 30.3 Å². The van der Waals surface area contributed by atoms with E-state index >= 15 is 0 Å². The van der Waals surface area contributed by atoms with Crippen molar-refractivity contribution in [1.82, 2.24) is 9.78 Å². The average molecular weight is 265 g/mol. The van der Waals surface area contributed by atoms with Crippen molar-refractivity contribution in [1.29, 1.82) is 0 Å². The summed E-state index contributed by atoms with van der Waals surface area (Å²) < 4.78 is 24.4. The SMILES string of the molecule is Cn1nccc1CNc1ccc(S(C)(=O)=O)cc1. The molecule has 18 heavy (non-hydrogen) atoms. The molecule has 0 aliphatic carbocycles. The number of benzene rings is 1. The summed E-state index contributed by atoms with van der Waals surface area (Å²) in [6.07, 6.45) is 2.94. The minimum Gasteiger partial charge on any atom is -0.379 e. The predicted molar refractivity (Wildman–Crippen MR) is 70.1 cm³/mol. The van der Waals surface area contributed by atoms with E-state index in [1.807, 2.05) is 13.1 Å². The highest BCUT2D eigenvalue weighted by Gasteiger charge is 2.06. The van der Waals surface area contributed by atoms with Gasteiger partial charge in [0, 0.05) is 25.2 Å². The summed E-state index contributed by atoms with van der Waals surface area (Å²) in [7, 11) is -1.25. The number of nitrogens with one attached hydrogen (secondary N) is 1. The summed E-state index contributed by atoms with van der Waals surface area (Å²) in [5.74, 6) is 0. The first-order valence-electron chi connectivity index (χ1n) is 5.48. The molecular formula is C12H15N3O2S. The zero-order valence-corrected chi connectivity index (χ0v) is 11.1. The maximum atomic E-state index is 11.3. The highest BCUT2D eigenvalue weighted by molar-refractivity contribution is 7.90. The van der Waals surface area contributed by atoms with Gasteiger partial charge in [-0.3, -0.25) is 4.68 Å². The van der Waals surface area contributed by atoms with E-state index in [1.165, 1.54) is 6.26 Å². The van der Waals surface area contributed by atoms with E-state index < -0.39 is 9.84 Å². The van der Waals surface area contributed by atoms with E-state index in [4.69, 9.17) is 0 Å². The number of aryl methyl sites for hydroxylation is 1. The molecule has 0 atom stereocenters. The number of hydrogen-bond donors (Lipinski definition) is 1. The van der Waals surface area contributed by atoms with Gasteiger partial charge in [-0.2, -0.15) is 5.10 Å². The van der Waals surface area contributed by atoms with Gasteiger partial charge < -0.3 is 5.32 Å². The lowest BCUT2D eigenvalue weighted by Gasteiger charge is -2.07. The maximum absolute atomic E-state index is 11.3. The fourth-order valence-corrected chi connectivity index (χ4v) is 2.22. The summed E-state index contributed by atoms with van der Waals surface area (Å²) in [5.41, 5.74) is 1.94. The molecular weight excluding hydrogens is 250 g/mol. The number of rotatable bonds is 4. The molecule has 2 aromatic rings. The third-order valence-electron chi connectivity index (χ3n) is 2.68. The van der Waals surface area contributed by atoms with Crippen molar-refractivity contribution in [2.45, 2.75) is 11.4 Å². The van der Waals surface area contributed by atoms with Crippen LogP contribution in [0.1, 0.15) is 5.69 Å². The number of nitrogens with zero attached hydrogens (tertiary/aromatic N) is 2. The molecule has 1 aromatic heterocycles. The smallest absolute Gasteiger partial charge is 0.175 e. The van der Waals surface area contributed by atoms with Crippen molar-refractivity contribution >= 4 is 15.5 Å². The first kappa shape index (κ1) is 12.6. The van der Waals surface area contributed by atoms with Gasteiger partial charge >= 0.3 is 0 Å². The lowest BCUT2D eigenvalue weighted by molar-refractivity contribution is 0.602. The minimum atomic E-state index is -3.13. The van der Waals surface area contributed by atoms with Crippen LogP contribution < -0.4 is 5.32 Å². The second kappa shape index (κ2) is 4.81. The van der Waals surface area contributed by atoms with Gasteiger partial charge in [-0.15, -0.1) is 0 Å². The van der Waals surface area contributed by atoms with Gasteiger partial charge in [0.15, 0.2) is 9.84 Å². The molecule has 0 aliphatic rings. The summed E-state index contributed by atoms with van der Waals surface area (Å²) >= 11 is 0. The largest absolute Gasteiger partial charge is 0.379 e. The zero-order chi connectivity index (χ0) is 13.2. The van der Waals surface area contributed by atoms with Gasteiger partial charge in [0.05, 0.1) is 17.1 Å². The Bertz CT molecular complexity index is 630. The number of aromatic nitrogens is 2. The molecule has 0 radical (unpaired) electrons. The number of sulfone groups is 1. The average Bonchev–Trinajstić information content (AvgIpc) is 2.72. The fraction of sp³-hybridized carbons (Fsp3) is 0.250. The highest BCUT2D eigenvalue weighted by Crippen LogP contribution is 2.14. The van der Waals surface area contributed by atoms with Gasteiger partial charge in [0.2, 0.25) is 0 Å². The Kier molecular flexibility index (Phi) is 3.38. The van der Waals surface area contributed by atoms with Crippen molar-refractivity contribution in [2.24, 2.45) is 7.05 Å². The van der Waals surface area contributed by atoms with Crippen molar-refractivity contribution in [3.8, 4) is 0 Å². The van der Waals surface area contributed by atoms with Crippen LogP contribution in [0.15, 0.2) is 41.4 Å². The molecule has 1 N–H and O–H groups in total. The Balaban J connectivity index is 2.05. The Morgan fingerprint density at radius 1 is 1.22 bits per heavy atom. The Morgan fingerprint density at radius 2 is 1.89 bits per heavy atom. The van der Waals surface area contributed by atoms with Crippen molar-refractivity contribution < 1.29 is 8.42 Å². The molecule has 0 unspecified atom stereocenters. The Labute approximate surface area is 106 Å². The molecule has 0 spiro atoms. The third kappa shape index (κ3) is 2.89. The Hall–Kier alpha value is -1.82. The van der Waals surface area contributed by atoms with Crippen LogP contribution in [0.4, 0.5) is 5.69 Å². The molecule has 0 saturated heterocycles. The van der Waals surface area contributed by atoms with Gasteiger partial charge in [-0.25, -0.2) is 8.42 Å². The molecule has 5 nitrogen and oxygen atoms in total. The summed E-state index contributed by atoms with van der Waals surface area (Å²) in [6, 6.07) is 8.64. The Morgan fingerprint density at radius 3 is 2.39 bits per heavy atom. The number of anilines is 1. The fourth-order valence-electron chi connectivity index (χ4n) is 1.59. The molecule has 0 amide bonds. The van der Waals surface area contributed by atoms with Crippen molar-refractivity contribution in [3.05, 3.63) is 42.2 Å². The second-order valence-corrected chi connectivity index (χ2v) is 6.11. The van der Waals surface area contributed by atoms with Crippen molar-refractivity contribution in [3.63, 3.8) is 0 Å². The zero-order valence-electron chi connectivity index (χ0n) is 10.3. The number of hydrogen-bond acceptors (Lipinski definition) is 4. The van der Waals surface area contributed by atoms with Crippen molar-refractivity contribution in [2.75, 3.05) is 11.6 Å². The summed E-state index contributed by atoms with van der Waals surface area (Å²) in [4.78, 5) is 0.327. The molecule has 1 heterocycles. The van der Waals surface area contributed by atoms with E-state index in [2.05, 4.69) is 10.4 Å². The van der Waals surface area contributed by atoms with Crippen LogP contribution in [0.5, 0.6) is 0 Å². The molecule has 6 heteroatoms. The van der Waals surface area contributed by atoms with E-state index in [0.717, 1.165) is 11.4 Å². The standard InChI is InChI=1S/C12H15N3O2S/c1-15-11(7-8-14-15)9-13-10-3-5-12(6-4-10)18(2,16)17/h3-8,13H,9H2,1-2H3. The molecule has 0 fully saturated rings. The molecule has 2 rings (SSSR count). The third-order valence-corrected chi connectivity index (χ3v) is 3.81. The van der Waals surface area contributed by atoms with Crippen LogP contribution in [0.25, 0.3) is 0 Å². The lowest BCUT2D eigenvalue weighted by atomic mass is 10.3. The topological polar surface area (TPSA) is 64.0 Å². The summed E-state index contributed by atoms with van der Waals surface area (Å²) in [6.45, 7) is 0.648. The van der Waals surface area contributed by atoms with Gasteiger partial charge in [0.25, 0.3) is 0 Å². The first-order valence-corrected chi connectivity index (χ1v) is 7.37. The van der Waals surface area contributed by atoms with E-state index in [-0.39, 0.29) is 0 Å². The molecule has 1 aromatic carbocycles. The monoisotopic (exact) mass is 265 g/mol. The maximum Gasteiger partial charge on any atom is 0.175 e. The summed E-state index contributed by atoms with van der Waals surface area (Å²) in [5, 5.41) is 7.28. The van der Waals surface area contributed by atoms with Crippen LogP contribution in [0.2, 0.25) is 0 Å². The normalized spacial score (nSPS) is 11.4. The first-order chi connectivity index (χ1) is 8.47. The van der Waals surface area contributed by atoms with Crippen LogP contribution >= 0.6 is 0 Å². The molecule has 0 bridgehead atoms. The van der Waals surface area contributed by atoms with Crippen LogP contribution in [0, 0.1) is 0 Å². The highest BCUT2D eigenvalue weighted by atomic mass is 32.2. The van der Waals surface area contributed by atoms with Gasteiger partial charge in [0.1, 0.15) is 0 Å². The van der Waals surface area contributed by atoms with E-state index in [1.54, 1.807) is 35.1 Å². The minimum absolute atomic E-state index is 0.327. The predicted octanol–water partition coefficient (Wildman–Crippen LogP) is 1.44. The quantitative estimate of drug-likeness (QED) is 0.908. The van der Waals surface area contributed by atoms with Gasteiger partial charge in [-0.1, -0.05) is 0 Å². The molecule has 0 aliphatic heterocycles.